The third kappa shape index (κ3) is 1.42. The predicted octanol–water partition coefficient (Wildman–Crippen LogP) is 2.46. The summed E-state index contributed by atoms with van der Waals surface area (Å²) in [6, 6.07) is 11.5. The highest BCUT2D eigenvalue weighted by molar-refractivity contribution is 7.19. The van der Waals surface area contributed by atoms with Crippen LogP contribution in [0.4, 0.5) is 0 Å². The van der Waals surface area contributed by atoms with Crippen molar-refractivity contribution in [3.8, 4) is 6.07 Å². The van der Waals surface area contributed by atoms with Crippen molar-refractivity contribution in [1.29, 1.82) is 5.26 Å². The lowest BCUT2D eigenvalue weighted by Crippen LogP contribution is -1.86. The number of benzene rings is 1. The topological polar surface area (TPSA) is 44.0 Å². The second kappa shape index (κ2) is 3.17. The van der Waals surface area contributed by atoms with Gasteiger partial charge in [0, 0.05) is 9.58 Å². The summed E-state index contributed by atoms with van der Waals surface area (Å²) in [5, 5.41) is 18.9. The summed E-state index contributed by atoms with van der Waals surface area (Å²) in [4.78, 5) is 0.712. The quantitative estimate of drug-likeness (QED) is 0.700. The Labute approximate surface area is 79.7 Å². The monoisotopic (exact) mass is 189 g/mol. The van der Waals surface area contributed by atoms with Crippen molar-refractivity contribution in [1.82, 2.24) is 0 Å². The van der Waals surface area contributed by atoms with Crippen molar-refractivity contribution >= 4 is 21.4 Å². The van der Waals surface area contributed by atoms with E-state index in [1.165, 1.54) is 11.3 Å². The summed E-state index contributed by atoms with van der Waals surface area (Å²) < 4.78 is 1.10. The van der Waals surface area contributed by atoms with E-state index in [4.69, 9.17) is 5.26 Å². The first-order chi connectivity index (χ1) is 6.31. The minimum atomic E-state index is -0.989. The molecular weight excluding hydrogens is 182 g/mol. The average Bonchev–Trinajstić information content (AvgIpc) is 2.59. The zero-order valence-electron chi connectivity index (χ0n) is 6.77. The fourth-order valence-corrected chi connectivity index (χ4v) is 2.20. The van der Waals surface area contributed by atoms with Gasteiger partial charge in [-0.25, -0.2) is 0 Å². The Hall–Kier alpha value is -1.37. The molecule has 1 heterocycles. The minimum absolute atomic E-state index is 0.712. The van der Waals surface area contributed by atoms with Gasteiger partial charge in [-0.3, -0.25) is 0 Å². The molecule has 1 aromatic carbocycles. The Kier molecular flexibility index (Phi) is 2.01. The number of hydrogen-bond acceptors (Lipinski definition) is 3. The van der Waals surface area contributed by atoms with Crippen LogP contribution in [0.25, 0.3) is 10.1 Å². The standard InChI is InChI=1S/C10H7NOS/c11-6-8(12)10-5-7-3-1-2-4-9(7)13-10/h1-5,8,12H/t8-/m1/s1. The highest BCUT2D eigenvalue weighted by Crippen LogP contribution is 2.29. The van der Waals surface area contributed by atoms with E-state index < -0.39 is 6.10 Å². The smallest absolute Gasteiger partial charge is 0.175 e. The van der Waals surface area contributed by atoms with E-state index in [9.17, 15) is 5.11 Å². The zero-order chi connectivity index (χ0) is 9.26. The van der Waals surface area contributed by atoms with Gasteiger partial charge < -0.3 is 5.11 Å². The van der Waals surface area contributed by atoms with Crippen molar-refractivity contribution in [2.75, 3.05) is 0 Å². The number of rotatable bonds is 1. The van der Waals surface area contributed by atoms with Gasteiger partial charge in [-0.05, 0) is 17.5 Å². The number of fused-ring (bicyclic) bond motifs is 1. The summed E-state index contributed by atoms with van der Waals surface area (Å²) in [6.45, 7) is 0. The molecule has 0 bridgehead atoms. The molecule has 0 aliphatic rings. The van der Waals surface area contributed by atoms with E-state index in [0.29, 0.717) is 4.88 Å². The van der Waals surface area contributed by atoms with Gasteiger partial charge in [0.05, 0.1) is 6.07 Å². The zero-order valence-corrected chi connectivity index (χ0v) is 7.58. The van der Waals surface area contributed by atoms with Gasteiger partial charge in [-0.1, -0.05) is 18.2 Å². The number of aliphatic hydroxyl groups is 1. The van der Waals surface area contributed by atoms with Crippen LogP contribution >= 0.6 is 11.3 Å². The molecule has 2 nitrogen and oxygen atoms in total. The first kappa shape index (κ1) is 8.24. The molecule has 0 fully saturated rings. The molecule has 2 rings (SSSR count). The second-order valence-electron chi connectivity index (χ2n) is 2.72. The first-order valence-corrected chi connectivity index (χ1v) is 4.69. The Morgan fingerprint density at radius 3 is 2.85 bits per heavy atom. The van der Waals surface area contributed by atoms with Crippen LogP contribution in [0.2, 0.25) is 0 Å². The lowest BCUT2D eigenvalue weighted by Gasteiger charge is -1.92. The normalized spacial score (nSPS) is 12.6. The van der Waals surface area contributed by atoms with Gasteiger partial charge in [-0.2, -0.15) is 5.26 Å². The third-order valence-corrected chi connectivity index (χ3v) is 3.00. The maximum atomic E-state index is 9.28. The Balaban J connectivity index is 2.57. The summed E-state index contributed by atoms with van der Waals surface area (Å²) in [7, 11) is 0. The van der Waals surface area contributed by atoms with Crippen LogP contribution in [0.1, 0.15) is 11.0 Å². The molecular formula is C10H7NOS. The SMILES string of the molecule is N#C[C@@H](O)c1cc2ccccc2s1. The van der Waals surface area contributed by atoms with Crippen LogP contribution in [0.5, 0.6) is 0 Å². The van der Waals surface area contributed by atoms with Crippen molar-refractivity contribution < 1.29 is 5.11 Å². The van der Waals surface area contributed by atoms with Gasteiger partial charge in [0.25, 0.3) is 0 Å². The first-order valence-electron chi connectivity index (χ1n) is 3.87. The van der Waals surface area contributed by atoms with Crippen molar-refractivity contribution in [2.24, 2.45) is 0 Å². The maximum absolute atomic E-state index is 9.28. The van der Waals surface area contributed by atoms with E-state index in [0.717, 1.165) is 10.1 Å². The predicted molar refractivity (Wildman–Crippen MR) is 52.4 cm³/mol. The Bertz CT molecular complexity index is 436. The van der Waals surface area contributed by atoms with Gasteiger partial charge >= 0.3 is 0 Å². The molecule has 0 aliphatic carbocycles. The Morgan fingerprint density at radius 2 is 2.15 bits per heavy atom. The molecule has 0 spiro atoms. The summed E-state index contributed by atoms with van der Waals surface area (Å²) >= 11 is 1.46. The lowest BCUT2D eigenvalue weighted by molar-refractivity contribution is 0.240. The van der Waals surface area contributed by atoms with E-state index in [-0.39, 0.29) is 0 Å². The molecule has 1 aromatic heterocycles. The van der Waals surface area contributed by atoms with Crippen LogP contribution in [0, 0.1) is 11.3 Å². The number of hydrogen-bond donors (Lipinski definition) is 1. The van der Waals surface area contributed by atoms with E-state index in [2.05, 4.69) is 0 Å². The molecule has 64 valence electrons. The Morgan fingerprint density at radius 1 is 1.38 bits per heavy atom. The van der Waals surface area contributed by atoms with Gasteiger partial charge in [0.1, 0.15) is 0 Å². The van der Waals surface area contributed by atoms with Crippen LogP contribution in [0.15, 0.2) is 30.3 Å². The van der Waals surface area contributed by atoms with Gasteiger partial charge in [-0.15, -0.1) is 11.3 Å². The number of nitrogens with zero attached hydrogens (tertiary/aromatic N) is 1. The molecule has 0 saturated heterocycles. The van der Waals surface area contributed by atoms with Crippen LogP contribution in [-0.4, -0.2) is 5.11 Å². The van der Waals surface area contributed by atoms with Crippen molar-refractivity contribution in [3.63, 3.8) is 0 Å². The summed E-state index contributed by atoms with van der Waals surface area (Å²) in [6.07, 6.45) is -0.989. The summed E-state index contributed by atoms with van der Waals surface area (Å²) in [5.74, 6) is 0. The van der Waals surface area contributed by atoms with E-state index in [1.807, 2.05) is 36.4 Å². The number of nitriles is 1. The molecule has 0 amide bonds. The maximum Gasteiger partial charge on any atom is 0.175 e. The summed E-state index contributed by atoms with van der Waals surface area (Å²) in [5.41, 5.74) is 0. The molecule has 2 aromatic rings. The van der Waals surface area contributed by atoms with Crippen molar-refractivity contribution in [2.45, 2.75) is 6.10 Å². The molecule has 0 radical (unpaired) electrons. The lowest BCUT2D eigenvalue weighted by atomic mass is 10.2. The second-order valence-corrected chi connectivity index (χ2v) is 3.83. The molecule has 3 heteroatoms. The number of thiophene rings is 1. The van der Waals surface area contributed by atoms with Crippen molar-refractivity contribution in [3.05, 3.63) is 35.2 Å². The molecule has 0 aliphatic heterocycles. The van der Waals surface area contributed by atoms with Crippen LogP contribution in [0.3, 0.4) is 0 Å². The largest absolute Gasteiger partial charge is 0.373 e. The number of aliphatic hydroxyl groups excluding tert-OH is 1. The fourth-order valence-electron chi connectivity index (χ4n) is 1.20. The van der Waals surface area contributed by atoms with Crippen LogP contribution in [-0.2, 0) is 0 Å². The third-order valence-electron chi connectivity index (χ3n) is 1.84. The average molecular weight is 189 g/mol. The molecule has 1 N–H and O–H groups in total. The highest BCUT2D eigenvalue weighted by atomic mass is 32.1. The van der Waals surface area contributed by atoms with Gasteiger partial charge in [0.2, 0.25) is 0 Å². The molecule has 0 saturated carbocycles. The van der Waals surface area contributed by atoms with E-state index in [1.54, 1.807) is 0 Å². The van der Waals surface area contributed by atoms with Crippen LogP contribution < -0.4 is 0 Å². The molecule has 0 unspecified atom stereocenters. The minimum Gasteiger partial charge on any atom is -0.373 e. The van der Waals surface area contributed by atoms with E-state index >= 15 is 0 Å². The fraction of sp³-hybridized carbons (Fsp3) is 0.100. The molecule has 1 atom stereocenters. The van der Waals surface area contributed by atoms with Gasteiger partial charge in [0.15, 0.2) is 6.10 Å². The highest BCUT2D eigenvalue weighted by Gasteiger charge is 2.08. The molecule has 13 heavy (non-hydrogen) atoms.